The van der Waals surface area contributed by atoms with E-state index in [1.54, 1.807) is 23.3 Å². The van der Waals surface area contributed by atoms with Crippen LogP contribution in [0.25, 0.3) is 16.8 Å². The highest BCUT2D eigenvalue weighted by atomic mass is 19.1. The minimum Gasteiger partial charge on any atom is -0.368 e. The molecule has 0 radical (unpaired) electrons. The molecule has 1 aliphatic heterocycles. The number of halogens is 1. The number of hydrogen-bond acceptors (Lipinski definition) is 5. The number of rotatable bonds is 5. The van der Waals surface area contributed by atoms with Gasteiger partial charge in [0.2, 0.25) is 0 Å². The second kappa shape index (κ2) is 9.23. The van der Waals surface area contributed by atoms with Gasteiger partial charge < -0.3 is 4.84 Å². The van der Waals surface area contributed by atoms with Crippen molar-refractivity contribution in [3.8, 4) is 11.1 Å². The number of aromatic amines is 1. The largest absolute Gasteiger partial charge is 0.368 e. The summed E-state index contributed by atoms with van der Waals surface area (Å²) in [4.78, 5) is 35.5. The standard InChI is InChI=1S/C26H25FN4O3/c1-17-25(20-7-9-21(27)10-8-20)26-28-22(16-23(32)31(26)29-17)19-11-13-30(14-12-19)34-24(33)15-18-5-3-2-4-6-18/h2-10,16,19,29H,11-15H2,1H3. The van der Waals surface area contributed by atoms with Gasteiger partial charge in [0.1, 0.15) is 5.82 Å². The second-order valence-corrected chi connectivity index (χ2v) is 8.63. The van der Waals surface area contributed by atoms with Crippen LogP contribution < -0.4 is 5.56 Å². The van der Waals surface area contributed by atoms with Gasteiger partial charge in [0.05, 0.1) is 12.1 Å². The number of carbonyl (C=O) groups is 1. The van der Waals surface area contributed by atoms with Crippen molar-refractivity contribution in [3.63, 3.8) is 0 Å². The topological polar surface area (TPSA) is 79.7 Å². The number of carbonyl (C=O) groups excluding carboxylic acids is 1. The van der Waals surface area contributed by atoms with E-state index in [2.05, 4.69) is 5.10 Å². The van der Waals surface area contributed by atoms with E-state index in [4.69, 9.17) is 9.82 Å². The molecule has 4 aromatic rings. The third-order valence-electron chi connectivity index (χ3n) is 6.24. The molecule has 0 atom stereocenters. The number of benzene rings is 2. The first kappa shape index (κ1) is 22.0. The molecule has 2 aromatic heterocycles. The first-order valence-electron chi connectivity index (χ1n) is 11.4. The highest BCUT2D eigenvalue weighted by molar-refractivity contribution is 5.79. The van der Waals surface area contributed by atoms with Crippen molar-refractivity contribution in [3.05, 3.63) is 93.8 Å². The molecule has 174 valence electrons. The van der Waals surface area contributed by atoms with E-state index in [0.717, 1.165) is 40.9 Å². The van der Waals surface area contributed by atoms with E-state index in [1.807, 2.05) is 37.3 Å². The molecule has 34 heavy (non-hydrogen) atoms. The lowest BCUT2D eigenvalue weighted by Crippen LogP contribution is -2.36. The third-order valence-corrected chi connectivity index (χ3v) is 6.24. The van der Waals surface area contributed by atoms with Crippen molar-refractivity contribution in [2.75, 3.05) is 13.1 Å². The number of piperidine rings is 1. The number of hydroxylamine groups is 2. The van der Waals surface area contributed by atoms with Crippen LogP contribution in [0.4, 0.5) is 4.39 Å². The molecule has 5 rings (SSSR count). The van der Waals surface area contributed by atoms with Gasteiger partial charge in [0, 0.05) is 36.3 Å². The van der Waals surface area contributed by atoms with Crippen LogP contribution in [0.15, 0.2) is 65.5 Å². The van der Waals surface area contributed by atoms with E-state index in [9.17, 15) is 14.0 Å². The molecule has 0 amide bonds. The zero-order valence-electron chi connectivity index (χ0n) is 18.8. The molecule has 3 heterocycles. The quantitative estimate of drug-likeness (QED) is 0.487. The lowest BCUT2D eigenvalue weighted by Gasteiger charge is -2.30. The van der Waals surface area contributed by atoms with E-state index < -0.39 is 0 Å². The lowest BCUT2D eigenvalue weighted by molar-refractivity contribution is -0.194. The Morgan fingerprint density at radius 3 is 2.53 bits per heavy atom. The Hall–Kier alpha value is -3.78. The van der Waals surface area contributed by atoms with Gasteiger partial charge in [-0.3, -0.25) is 9.89 Å². The fraction of sp³-hybridized carbons (Fsp3) is 0.269. The summed E-state index contributed by atoms with van der Waals surface area (Å²) in [6.07, 6.45) is 1.67. The van der Waals surface area contributed by atoms with Crippen molar-refractivity contribution < 1.29 is 14.0 Å². The molecule has 1 aliphatic rings. The summed E-state index contributed by atoms with van der Waals surface area (Å²) < 4.78 is 14.8. The van der Waals surface area contributed by atoms with Crippen LogP contribution in [0.1, 0.15) is 35.7 Å². The molecular formula is C26H25FN4O3. The average Bonchev–Trinajstić information content (AvgIpc) is 3.17. The number of fused-ring (bicyclic) bond motifs is 1. The first-order valence-corrected chi connectivity index (χ1v) is 11.4. The van der Waals surface area contributed by atoms with Gasteiger partial charge in [-0.2, -0.15) is 0 Å². The predicted molar refractivity (Wildman–Crippen MR) is 126 cm³/mol. The van der Waals surface area contributed by atoms with Crippen LogP contribution in [0.5, 0.6) is 0 Å². The molecule has 7 nitrogen and oxygen atoms in total. The van der Waals surface area contributed by atoms with E-state index in [1.165, 1.54) is 16.6 Å². The first-order chi connectivity index (χ1) is 16.5. The smallest absolute Gasteiger partial charge is 0.329 e. The van der Waals surface area contributed by atoms with Crippen LogP contribution in [0.3, 0.4) is 0 Å². The maximum atomic E-state index is 13.4. The zero-order valence-corrected chi connectivity index (χ0v) is 18.8. The van der Waals surface area contributed by atoms with Gasteiger partial charge in [0.25, 0.3) is 5.56 Å². The Kier molecular flexibility index (Phi) is 5.98. The molecule has 1 saturated heterocycles. The Bertz CT molecular complexity index is 1370. The number of H-pyrrole nitrogens is 1. The third kappa shape index (κ3) is 4.49. The Labute approximate surface area is 195 Å². The summed E-state index contributed by atoms with van der Waals surface area (Å²) >= 11 is 0. The minimum absolute atomic E-state index is 0.0815. The average molecular weight is 461 g/mol. The summed E-state index contributed by atoms with van der Waals surface area (Å²) in [5.41, 5.74) is 4.35. The van der Waals surface area contributed by atoms with Gasteiger partial charge in [-0.15, -0.1) is 5.06 Å². The molecular weight excluding hydrogens is 435 g/mol. The van der Waals surface area contributed by atoms with Crippen LogP contribution in [0, 0.1) is 12.7 Å². The number of aromatic nitrogens is 3. The normalized spacial score (nSPS) is 15.0. The summed E-state index contributed by atoms with van der Waals surface area (Å²) in [6, 6.07) is 17.2. The van der Waals surface area contributed by atoms with Crippen molar-refractivity contribution >= 4 is 11.6 Å². The van der Waals surface area contributed by atoms with Gasteiger partial charge >= 0.3 is 5.97 Å². The molecule has 0 spiro atoms. The Morgan fingerprint density at radius 1 is 1.12 bits per heavy atom. The molecule has 1 N–H and O–H groups in total. The van der Waals surface area contributed by atoms with Crippen LogP contribution in [-0.2, 0) is 16.1 Å². The van der Waals surface area contributed by atoms with Crippen LogP contribution in [-0.4, -0.2) is 38.7 Å². The Morgan fingerprint density at radius 2 is 1.82 bits per heavy atom. The fourth-order valence-electron chi connectivity index (χ4n) is 4.52. The molecule has 1 fully saturated rings. The molecule has 0 unspecified atom stereocenters. The molecule has 2 aromatic carbocycles. The van der Waals surface area contributed by atoms with Gasteiger partial charge in [-0.05, 0) is 43.0 Å². The van der Waals surface area contributed by atoms with Crippen LogP contribution in [0.2, 0.25) is 0 Å². The highest BCUT2D eigenvalue weighted by Gasteiger charge is 2.26. The van der Waals surface area contributed by atoms with Gasteiger partial charge in [-0.1, -0.05) is 42.5 Å². The lowest BCUT2D eigenvalue weighted by atomic mass is 9.94. The van der Waals surface area contributed by atoms with Crippen molar-refractivity contribution in [1.82, 2.24) is 19.7 Å². The number of nitrogens with zero attached hydrogens (tertiary/aromatic N) is 3. The van der Waals surface area contributed by atoms with E-state index in [0.29, 0.717) is 18.7 Å². The monoisotopic (exact) mass is 460 g/mol. The van der Waals surface area contributed by atoms with E-state index in [-0.39, 0.29) is 29.7 Å². The Balaban J connectivity index is 1.31. The molecule has 0 bridgehead atoms. The summed E-state index contributed by atoms with van der Waals surface area (Å²) in [5, 5.41) is 4.76. The zero-order chi connectivity index (χ0) is 23.7. The maximum absolute atomic E-state index is 13.4. The van der Waals surface area contributed by atoms with Crippen molar-refractivity contribution in [1.29, 1.82) is 0 Å². The predicted octanol–water partition coefficient (Wildman–Crippen LogP) is 4.02. The summed E-state index contributed by atoms with van der Waals surface area (Å²) in [6.45, 7) is 3.02. The maximum Gasteiger partial charge on any atom is 0.329 e. The van der Waals surface area contributed by atoms with Crippen molar-refractivity contribution in [2.24, 2.45) is 0 Å². The SMILES string of the molecule is Cc1[nH]n2c(=O)cc(C3CCN(OC(=O)Cc4ccccc4)CC3)nc2c1-c1ccc(F)cc1. The number of aryl methyl sites for hydroxylation is 1. The van der Waals surface area contributed by atoms with Crippen LogP contribution >= 0.6 is 0 Å². The van der Waals surface area contributed by atoms with E-state index >= 15 is 0 Å². The van der Waals surface area contributed by atoms with Gasteiger partial charge in [-0.25, -0.2) is 18.7 Å². The second-order valence-electron chi connectivity index (χ2n) is 8.63. The molecule has 8 heteroatoms. The van der Waals surface area contributed by atoms with Crippen molar-refractivity contribution in [2.45, 2.75) is 32.1 Å². The highest BCUT2D eigenvalue weighted by Crippen LogP contribution is 2.30. The molecule has 0 aliphatic carbocycles. The molecule has 0 saturated carbocycles. The fourth-order valence-corrected chi connectivity index (χ4v) is 4.52. The van der Waals surface area contributed by atoms with Gasteiger partial charge in [0.15, 0.2) is 5.65 Å². The number of nitrogens with one attached hydrogen (secondary N) is 1. The minimum atomic E-state index is -0.316. The summed E-state index contributed by atoms with van der Waals surface area (Å²) in [5.74, 6) is -0.518. The number of hydrogen-bond donors (Lipinski definition) is 1. The summed E-state index contributed by atoms with van der Waals surface area (Å²) in [7, 11) is 0.